The van der Waals surface area contributed by atoms with Crippen molar-refractivity contribution in [1.82, 2.24) is 5.32 Å². The van der Waals surface area contributed by atoms with E-state index in [0.717, 1.165) is 12.0 Å². The minimum absolute atomic E-state index is 0.0771. The van der Waals surface area contributed by atoms with Crippen LogP contribution in [0.1, 0.15) is 32.8 Å². The van der Waals surface area contributed by atoms with Gasteiger partial charge in [-0.05, 0) is 31.7 Å². The maximum Gasteiger partial charge on any atom is 0.123 e. The van der Waals surface area contributed by atoms with Crippen molar-refractivity contribution in [3.63, 3.8) is 0 Å². The van der Waals surface area contributed by atoms with E-state index >= 15 is 0 Å². The molecule has 0 bridgehead atoms. The van der Waals surface area contributed by atoms with Crippen LogP contribution in [0.15, 0.2) is 24.3 Å². The first-order chi connectivity index (χ1) is 8.02. The fourth-order valence-electron chi connectivity index (χ4n) is 2.00. The molecule has 1 rings (SSSR count). The lowest BCUT2D eigenvalue weighted by atomic mass is 9.76. The summed E-state index contributed by atoms with van der Waals surface area (Å²) in [5, 5.41) is 3.29. The van der Waals surface area contributed by atoms with Gasteiger partial charge >= 0.3 is 0 Å². The Labute approximate surface area is 103 Å². The molecule has 1 N–H and O–H groups in total. The zero-order valence-corrected chi connectivity index (χ0v) is 11.0. The molecule has 0 aliphatic carbocycles. The first kappa shape index (κ1) is 13.7. The Bertz CT molecular complexity index is 409. The molecule has 0 amide bonds. The largest absolute Gasteiger partial charge is 0.315 e. The average Bonchev–Trinajstić information content (AvgIpc) is 2.30. The van der Waals surface area contributed by atoms with Gasteiger partial charge in [-0.2, -0.15) is 0 Å². The molecular weight excluding hydrogens is 213 g/mol. The summed E-state index contributed by atoms with van der Waals surface area (Å²) < 4.78 is 12.9. The summed E-state index contributed by atoms with van der Waals surface area (Å²) in [4.78, 5) is 0. The average molecular weight is 233 g/mol. The predicted molar refractivity (Wildman–Crippen MR) is 70.3 cm³/mol. The van der Waals surface area contributed by atoms with E-state index in [0.29, 0.717) is 0 Å². The molecule has 1 atom stereocenters. The van der Waals surface area contributed by atoms with E-state index in [-0.39, 0.29) is 17.3 Å². The van der Waals surface area contributed by atoms with Crippen LogP contribution in [0, 0.1) is 17.7 Å². The zero-order chi connectivity index (χ0) is 12.9. The van der Waals surface area contributed by atoms with Gasteiger partial charge in [0.15, 0.2) is 0 Å². The molecule has 0 radical (unpaired) electrons. The topological polar surface area (TPSA) is 12.0 Å². The van der Waals surface area contributed by atoms with Gasteiger partial charge in [0.25, 0.3) is 0 Å². The highest BCUT2D eigenvalue weighted by molar-refractivity contribution is 5.27. The number of rotatable bonds is 4. The second-order valence-corrected chi connectivity index (χ2v) is 4.70. The standard InChI is InChI=1S/C15H20FN/c1-5-6-7-14(17-4)15(2,3)12-8-10-13(16)11-9-12/h8-11,14,17H,7H2,1-4H3. The Hall–Kier alpha value is -1.33. The zero-order valence-electron chi connectivity index (χ0n) is 11.0. The van der Waals surface area contributed by atoms with Crippen LogP contribution >= 0.6 is 0 Å². The van der Waals surface area contributed by atoms with E-state index in [4.69, 9.17) is 0 Å². The summed E-state index contributed by atoms with van der Waals surface area (Å²) in [7, 11) is 1.94. The lowest BCUT2D eigenvalue weighted by Crippen LogP contribution is -2.42. The van der Waals surface area contributed by atoms with Crippen molar-refractivity contribution >= 4 is 0 Å². The molecule has 0 aliphatic heterocycles. The smallest absolute Gasteiger partial charge is 0.123 e. The van der Waals surface area contributed by atoms with E-state index in [1.807, 2.05) is 26.1 Å². The third-order valence-corrected chi connectivity index (χ3v) is 3.29. The molecular formula is C15H20FN. The molecule has 92 valence electrons. The number of nitrogens with one attached hydrogen (secondary N) is 1. The fourth-order valence-corrected chi connectivity index (χ4v) is 2.00. The van der Waals surface area contributed by atoms with Gasteiger partial charge in [0, 0.05) is 17.9 Å². The summed E-state index contributed by atoms with van der Waals surface area (Å²) in [5.41, 5.74) is 1.04. The third-order valence-electron chi connectivity index (χ3n) is 3.29. The highest BCUT2D eigenvalue weighted by Crippen LogP contribution is 2.28. The highest BCUT2D eigenvalue weighted by atomic mass is 19.1. The van der Waals surface area contributed by atoms with Crippen molar-refractivity contribution in [3.8, 4) is 11.8 Å². The van der Waals surface area contributed by atoms with Crippen LogP contribution in [0.2, 0.25) is 0 Å². The Morgan fingerprint density at radius 1 is 1.29 bits per heavy atom. The normalized spacial score (nSPS) is 12.8. The minimum atomic E-state index is -0.195. The Morgan fingerprint density at radius 3 is 2.35 bits per heavy atom. The van der Waals surface area contributed by atoms with Crippen LogP contribution in [0.5, 0.6) is 0 Å². The van der Waals surface area contributed by atoms with Gasteiger partial charge < -0.3 is 5.32 Å². The summed E-state index contributed by atoms with van der Waals surface area (Å²) in [6, 6.07) is 6.96. The molecule has 1 nitrogen and oxygen atoms in total. The van der Waals surface area contributed by atoms with E-state index < -0.39 is 0 Å². The van der Waals surface area contributed by atoms with Crippen molar-refractivity contribution in [3.05, 3.63) is 35.6 Å². The van der Waals surface area contributed by atoms with Crippen molar-refractivity contribution in [2.24, 2.45) is 0 Å². The molecule has 1 aromatic rings. The maximum absolute atomic E-state index is 12.9. The van der Waals surface area contributed by atoms with E-state index in [2.05, 4.69) is 31.0 Å². The first-order valence-corrected chi connectivity index (χ1v) is 5.85. The number of halogens is 1. The van der Waals surface area contributed by atoms with Crippen molar-refractivity contribution < 1.29 is 4.39 Å². The second kappa shape index (κ2) is 5.84. The van der Waals surface area contributed by atoms with Crippen molar-refractivity contribution in [2.75, 3.05) is 7.05 Å². The van der Waals surface area contributed by atoms with Crippen LogP contribution < -0.4 is 5.32 Å². The van der Waals surface area contributed by atoms with Crippen LogP contribution in [-0.2, 0) is 5.41 Å². The molecule has 17 heavy (non-hydrogen) atoms. The van der Waals surface area contributed by atoms with Crippen LogP contribution in [0.25, 0.3) is 0 Å². The van der Waals surface area contributed by atoms with E-state index in [9.17, 15) is 4.39 Å². The summed E-state index contributed by atoms with van der Waals surface area (Å²) >= 11 is 0. The summed E-state index contributed by atoms with van der Waals surface area (Å²) in [6.07, 6.45) is 0.789. The lowest BCUT2D eigenvalue weighted by molar-refractivity contribution is 0.364. The molecule has 0 heterocycles. The van der Waals surface area contributed by atoms with Gasteiger partial charge in [-0.25, -0.2) is 4.39 Å². The molecule has 0 saturated carbocycles. The maximum atomic E-state index is 12.9. The van der Waals surface area contributed by atoms with Crippen LogP contribution in [0.4, 0.5) is 4.39 Å². The van der Waals surface area contributed by atoms with E-state index in [1.54, 1.807) is 0 Å². The van der Waals surface area contributed by atoms with Crippen molar-refractivity contribution in [1.29, 1.82) is 0 Å². The predicted octanol–water partition coefficient (Wildman–Crippen LogP) is 3.10. The van der Waals surface area contributed by atoms with Gasteiger partial charge in [0.2, 0.25) is 0 Å². The minimum Gasteiger partial charge on any atom is -0.315 e. The number of benzene rings is 1. The Balaban J connectivity index is 2.97. The number of hydrogen-bond acceptors (Lipinski definition) is 1. The van der Waals surface area contributed by atoms with Crippen molar-refractivity contribution in [2.45, 2.75) is 38.6 Å². The first-order valence-electron chi connectivity index (χ1n) is 5.85. The Kier molecular flexibility index (Phi) is 4.72. The van der Waals surface area contributed by atoms with Gasteiger partial charge in [-0.1, -0.05) is 26.0 Å². The molecule has 0 aliphatic rings. The number of likely N-dealkylation sites (N-methyl/N-ethyl adjacent to an activating group) is 1. The lowest BCUT2D eigenvalue weighted by Gasteiger charge is -2.33. The van der Waals surface area contributed by atoms with Crippen LogP contribution in [-0.4, -0.2) is 13.1 Å². The molecule has 0 fully saturated rings. The Morgan fingerprint density at radius 2 is 1.88 bits per heavy atom. The SMILES string of the molecule is CC#CCC(NC)C(C)(C)c1ccc(F)cc1. The van der Waals surface area contributed by atoms with Crippen LogP contribution in [0.3, 0.4) is 0 Å². The molecule has 0 aromatic heterocycles. The molecule has 1 unspecified atom stereocenters. The number of hydrogen-bond donors (Lipinski definition) is 1. The second-order valence-electron chi connectivity index (χ2n) is 4.70. The quantitative estimate of drug-likeness (QED) is 0.788. The molecule has 0 spiro atoms. The van der Waals surface area contributed by atoms with E-state index in [1.165, 1.54) is 12.1 Å². The summed E-state index contributed by atoms with van der Waals surface area (Å²) in [5.74, 6) is 5.82. The monoisotopic (exact) mass is 233 g/mol. The van der Waals surface area contributed by atoms with Gasteiger partial charge in [0.1, 0.15) is 5.82 Å². The molecule has 1 aromatic carbocycles. The van der Waals surface area contributed by atoms with Gasteiger partial charge in [-0.15, -0.1) is 11.8 Å². The van der Waals surface area contributed by atoms with Gasteiger partial charge in [0.05, 0.1) is 0 Å². The molecule has 0 saturated heterocycles. The fraction of sp³-hybridized carbons (Fsp3) is 0.467. The highest BCUT2D eigenvalue weighted by Gasteiger charge is 2.29. The van der Waals surface area contributed by atoms with Gasteiger partial charge in [-0.3, -0.25) is 0 Å². The molecule has 2 heteroatoms. The third kappa shape index (κ3) is 3.31. The summed E-state index contributed by atoms with van der Waals surface area (Å²) in [6.45, 7) is 6.15.